The van der Waals surface area contributed by atoms with Crippen LogP contribution >= 0.6 is 11.8 Å². The van der Waals surface area contributed by atoms with Crippen molar-refractivity contribution >= 4 is 23.1 Å². The molecule has 2 nitrogen and oxygen atoms in total. The van der Waals surface area contributed by atoms with Gasteiger partial charge >= 0.3 is 0 Å². The minimum absolute atomic E-state index is 1.05. The summed E-state index contributed by atoms with van der Waals surface area (Å²) >= 11 is 1.88. The average molecular weight is 346 g/mol. The first-order valence-corrected chi connectivity index (χ1v) is 9.64. The third kappa shape index (κ3) is 3.67. The first-order chi connectivity index (χ1) is 12.4. The largest absolute Gasteiger partial charge is 0.354 e. The monoisotopic (exact) mass is 346 g/mol. The zero-order valence-electron chi connectivity index (χ0n) is 14.2. The van der Waals surface area contributed by atoms with Gasteiger partial charge in [-0.3, -0.25) is 0 Å². The van der Waals surface area contributed by atoms with Gasteiger partial charge in [0, 0.05) is 35.3 Å². The van der Waals surface area contributed by atoms with Crippen molar-refractivity contribution in [1.29, 1.82) is 0 Å². The van der Waals surface area contributed by atoms with Crippen molar-refractivity contribution in [3.63, 3.8) is 0 Å². The number of anilines is 2. The van der Waals surface area contributed by atoms with Crippen LogP contribution in [0.5, 0.6) is 0 Å². The van der Waals surface area contributed by atoms with Gasteiger partial charge in [-0.25, -0.2) is 0 Å². The third-order valence-electron chi connectivity index (χ3n) is 4.47. The molecule has 25 heavy (non-hydrogen) atoms. The molecule has 0 radical (unpaired) electrons. The van der Waals surface area contributed by atoms with Crippen molar-refractivity contribution in [2.75, 3.05) is 18.0 Å². The summed E-state index contributed by atoms with van der Waals surface area (Å²) in [5, 5.41) is 0. The SMILES string of the molecule is C1=CC=CN(CCCCN2c3ccccc3Sc3ccccc32)C=C1. The molecule has 0 saturated carbocycles. The topological polar surface area (TPSA) is 6.48 Å². The highest BCUT2D eigenvalue weighted by molar-refractivity contribution is 7.99. The number of hydrogen-bond donors (Lipinski definition) is 0. The zero-order valence-corrected chi connectivity index (χ0v) is 15.0. The lowest BCUT2D eigenvalue weighted by Gasteiger charge is -2.33. The lowest BCUT2D eigenvalue weighted by molar-refractivity contribution is 0.480. The number of benzene rings is 2. The van der Waals surface area contributed by atoms with Gasteiger partial charge in [-0.2, -0.15) is 0 Å². The van der Waals surface area contributed by atoms with E-state index in [0.717, 1.165) is 13.1 Å². The first-order valence-electron chi connectivity index (χ1n) is 8.83. The minimum Gasteiger partial charge on any atom is -0.354 e. The van der Waals surface area contributed by atoms with E-state index in [9.17, 15) is 0 Å². The summed E-state index contributed by atoms with van der Waals surface area (Å²) in [5.41, 5.74) is 2.68. The van der Waals surface area contributed by atoms with E-state index in [1.54, 1.807) is 0 Å². The molecule has 4 rings (SSSR count). The fourth-order valence-corrected chi connectivity index (χ4v) is 4.33. The molecule has 2 aliphatic heterocycles. The summed E-state index contributed by atoms with van der Waals surface area (Å²) in [4.78, 5) is 7.45. The molecule has 3 heteroatoms. The van der Waals surface area contributed by atoms with Crippen LogP contribution in [0.2, 0.25) is 0 Å². The quantitative estimate of drug-likeness (QED) is 0.616. The summed E-state index contributed by atoms with van der Waals surface area (Å²) in [7, 11) is 0. The van der Waals surface area contributed by atoms with Crippen molar-refractivity contribution < 1.29 is 0 Å². The third-order valence-corrected chi connectivity index (χ3v) is 5.60. The van der Waals surface area contributed by atoms with Gasteiger partial charge in [-0.1, -0.05) is 48.2 Å². The van der Waals surface area contributed by atoms with E-state index in [1.165, 1.54) is 34.0 Å². The summed E-state index contributed by atoms with van der Waals surface area (Å²) in [6, 6.07) is 17.5. The number of unbranched alkanes of at least 4 members (excludes halogenated alkanes) is 1. The summed E-state index contributed by atoms with van der Waals surface area (Å²) < 4.78 is 0. The number of para-hydroxylation sites is 2. The Bertz CT molecular complexity index is 761. The lowest BCUT2D eigenvalue weighted by atomic mass is 10.2. The van der Waals surface area contributed by atoms with Crippen molar-refractivity contribution in [2.24, 2.45) is 0 Å². The van der Waals surface area contributed by atoms with Crippen LogP contribution in [0.15, 0.2) is 95.0 Å². The van der Waals surface area contributed by atoms with Gasteiger partial charge in [-0.15, -0.1) is 0 Å². The Labute approximate surface area is 154 Å². The fourth-order valence-electron chi connectivity index (χ4n) is 3.23. The predicted octanol–water partition coefficient (Wildman–Crippen LogP) is 5.97. The van der Waals surface area contributed by atoms with E-state index in [-0.39, 0.29) is 0 Å². The van der Waals surface area contributed by atoms with Crippen molar-refractivity contribution in [3.8, 4) is 0 Å². The maximum atomic E-state index is 2.48. The van der Waals surface area contributed by atoms with E-state index in [0.29, 0.717) is 0 Å². The number of allylic oxidation sites excluding steroid dienone is 4. The Hall–Kier alpha value is -2.39. The number of fused-ring (bicyclic) bond motifs is 2. The summed E-state index contributed by atoms with van der Waals surface area (Å²) in [5.74, 6) is 0. The van der Waals surface area contributed by atoms with Crippen LogP contribution in [0.25, 0.3) is 0 Å². The molecule has 0 bridgehead atoms. The smallest absolute Gasteiger partial charge is 0.0552 e. The normalized spacial score (nSPS) is 15.0. The molecular weight excluding hydrogens is 324 g/mol. The molecule has 0 fully saturated rings. The second kappa shape index (κ2) is 7.66. The van der Waals surface area contributed by atoms with Crippen LogP contribution in [-0.2, 0) is 0 Å². The molecule has 126 valence electrons. The van der Waals surface area contributed by atoms with Gasteiger partial charge in [0.15, 0.2) is 0 Å². The lowest BCUT2D eigenvalue weighted by Crippen LogP contribution is -2.22. The molecular formula is C22H22N2S. The zero-order chi connectivity index (χ0) is 16.9. The highest BCUT2D eigenvalue weighted by atomic mass is 32.2. The highest BCUT2D eigenvalue weighted by Gasteiger charge is 2.22. The maximum Gasteiger partial charge on any atom is 0.0552 e. The fraction of sp³-hybridized carbons (Fsp3) is 0.182. The molecule has 0 aliphatic carbocycles. The van der Waals surface area contributed by atoms with E-state index < -0.39 is 0 Å². The van der Waals surface area contributed by atoms with Crippen LogP contribution in [0.1, 0.15) is 12.8 Å². The second-order valence-electron chi connectivity index (χ2n) is 6.20. The standard InChI is InChI=1S/C22H22N2S/c1-2-8-16-23(15-7-1)17-9-10-18-24-19-11-3-5-13-21(19)25-22-14-6-4-12-20(22)24/h1-8,11-16H,9-10,17-18H2. The molecule has 2 aromatic rings. The average Bonchev–Trinajstić information content (AvgIpc) is 2.93. The Morgan fingerprint density at radius 1 is 0.640 bits per heavy atom. The molecule has 2 aliphatic rings. The molecule has 2 heterocycles. The van der Waals surface area contributed by atoms with Crippen LogP contribution in [0.3, 0.4) is 0 Å². The summed E-state index contributed by atoms with van der Waals surface area (Å²) in [6.45, 7) is 2.11. The van der Waals surface area contributed by atoms with Gasteiger partial charge < -0.3 is 9.80 Å². The number of hydrogen-bond acceptors (Lipinski definition) is 3. The Balaban J connectivity index is 1.43. The Morgan fingerprint density at radius 2 is 1.20 bits per heavy atom. The van der Waals surface area contributed by atoms with Crippen molar-refractivity contribution in [3.05, 3.63) is 85.2 Å². The molecule has 0 amide bonds. The molecule has 2 aromatic carbocycles. The molecule has 0 unspecified atom stereocenters. The molecule has 0 aromatic heterocycles. The number of nitrogens with zero attached hydrogens (tertiary/aromatic N) is 2. The van der Waals surface area contributed by atoms with E-state index in [4.69, 9.17) is 0 Å². The molecule has 0 spiro atoms. The van der Waals surface area contributed by atoms with E-state index >= 15 is 0 Å². The predicted molar refractivity (Wildman–Crippen MR) is 107 cm³/mol. The van der Waals surface area contributed by atoms with Crippen LogP contribution < -0.4 is 4.90 Å². The first kappa shape index (κ1) is 16.1. The van der Waals surface area contributed by atoms with Crippen LogP contribution in [0, 0.1) is 0 Å². The van der Waals surface area contributed by atoms with E-state index in [1.807, 2.05) is 11.8 Å². The molecule has 0 saturated heterocycles. The van der Waals surface area contributed by atoms with Gasteiger partial charge in [0.2, 0.25) is 0 Å². The molecule has 0 atom stereocenters. The summed E-state index contributed by atoms with van der Waals surface area (Å²) in [6.07, 6.45) is 14.9. The maximum absolute atomic E-state index is 2.48. The van der Waals surface area contributed by atoms with Gasteiger partial charge in [0.1, 0.15) is 0 Å². The van der Waals surface area contributed by atoms with E-state index in [2.05, 4.69) is 95.0 Å². The van der Waals surface area contributed by atoms with Gasteiger partial charge in [0.05, 0.1) is 11.4 Å². The molecule has 0 N–H and O–H groups in total. The minimum atomic E-state index is 1.05. The van der Waals surface area contributed by atoms with Gasteiger partial charge in [-0.05, 0) is 49.3 Å². The Morgan fingerprint density at radius 3 is 1.84 bits per heavy atom. The number of rotatable bonds is 5. The Kier molecular flexibility index (Phi) is 4.93. The second-order valence-corrected chi connectivity index (χ2v) is 7.29. The van der Waals surface area contributed by atoms with Gasteiger partial charge in [0.25, 0.3) is 0 Å². The van der Waals surface area contributed by atoms with Crippen molar-refractivity contribution in [2.45, 2.75) is 22.6 Å². The van der Waals surface area contributed by atoms with Crippen LogP contribution in [-0.4, -0.2) is 18.0 Å². The van der Waals surface area contributed by atoms with Crippen molar-refractivity contribution in [1.82, 2.24) is 4.90 Å². The van der Waals surface area contributed by atoms with Crippen LogP contribution in [0.4, 0.5) is 11.4 Å². The highest BCUT2D eigenvalue weighted by Crippen LogP contribution is 2.47.